The molecule has 10 radical (unpaired) electrons. The van der Waals surface area contributed by atoms with Crippen molar-refractivity contribution in [3.63, 3.8) is 0 Å². The van der Waals surface area contributed by atoms with Gasteiger partial charge in [-0.25, -0.2) is 0 Å². The van der Waals surface area contributed by atoms with E-state index in [9.17, 15) is 0 Å². The smallest absolute Gasteiger partial charge is 0.113 e. The number of aryl methyl sites for hydroxylation is 1. The fourth-order valence-electron chi connectivity index (χ4n) is 10.8. The van der Waals surface area contributed by atoms with Crippen molar-refractivity contribution in [2.45, 2.75) is 25.7 Å². The zero-order valence-electron chi connectivity index (χ0n) is 38.3. The SMILES string of the molecule is Cc1ccccc1.[B]c1c([B])c([B])c(C2C=CC(n3c4ccc(-c5ccc6c(c5)-c5ccccc5C6)cc4c4cc(-c5ccc6c(c5)c5ccccc5n6-c5ccccc5)ccc43)=CC2)c([B])c1[B]. The minimum Gasteiger partial charge on any atom is -0.310 e. The first-order chi connectivity index (χ1) is 33.7. The van der Waals surface area contributed by atoms with E-state index in [4.69, 9.17) is 39.2 Å². The van der Waals surface area contributed by atoms with Crippen LogP contribution < -0.4 is 27.3 Å². The van der Waals surface area contributed by atoms with Gasteiger partial charge >= 0.3 is 0 Å². The van der Waals surface area contributed by atoms with Crippen molar-refractivity contribution in [3.8, 4) is 39.1 Å². The average Bonchev–Trinajstić information content (AvgIpc) is 4.05. The number of hydrogen-bond donors (Lipinski definition) is 0. The quantitative estimate of drug-likeness (QED) is 0.153. The summed E-state index contributed by atoms with van der Waals surface area (Å²) in [5, 5.41) is 4.82. The van der Waals surface area contributed by atoms with Crippen molar-refractivity contribution in [3.05, 3.63) is 222 Å². The molecule has 2 aliphatic carbocycles. The van der Waals surface area contributed by atoms with E-state index >= 15 is 0 Å². The summed E-state index contributed by atoms with van der Waals surface area (Å²) in [5.74, 6) is -0.108. The van der Waals surface area contributed by atoms with Crippen LogP contribution in [0.4, 0.5) is 0 Å². The summed E-state index contributed by atoms with van der Waals surface area (Å²) in [6, 6.07) is 65.9. The van der Waals surface area contributed by atoms with Gasteiger partial charge in [0.05, 0.1) is 22.1 Å². The highest BCUT2D eigenvalue weighted by molar-refractivity contribution is 6.67. The molecule has 0 spiro atoms. The van der Waals surface area contributed by atoms with E-state index in [2.05, 4.69) is 198 Å². The van der Waals surface area contributed by atoms with Crippen LogP contribution in [0.5, 0.6) is 0 Å². The van der Waals surface area contributed by atoms with E-state index in [0.717, 1.165) is 40.0 Å². The number of hydrogen-bond acceptors (Lipinski definition) is 0. The Morgan fingerprint density at radius 2 is 0.913 bits per heavy atom. The first-order valence-electron chi connectivity index (χ1n) is 23.5. The molecule has 2 aliphatic rings. The maximum absolute atomic E-state index is 6.52. The van der Waals surface area contributed by atoms with Crippen molar-refractivity contribution in [2.75, 3.05) is 0 Å². The lowest BCUT2D eigenvalue weighted by molar-refractivity contribution is 0.862. The van der Waals surface area contributed by atoms with Crippen LogP contribution in [-0.2, 0) is 6.42 Å². The second-order valence-electron chi connectivity index (χ2n) is 18.4. The van der Waals surface area contributed by atoms with Gasteiger partial charge < -0.3 is 9.13 Å². The standard InChI is InChI=1S/C55H33B5N2.C7H8/c56-51-50(52(57)54(59)55(60)53(51)58)31-16-21-39(22-17-31)62-48-24-19-34(32-14-15-37-26-36-8-4-5-11-40(36)42(37)27-32)29-44(48)45-30-35(20-25-49(45)62)33-18-23-47-43(28-33)41-12-6-7-13-46(41)61(47)38-9-2-1-3-10-38;1-7-5-3-2-4-6-7/h1-16,18-25,27-31H,17,26H2;2-6H,1H3. The fraction of sp³-hybridized carbons (Fsp3) is 0.0645. The Hall–Kier alpha value is -7.62. The predicted octanol–water partition coefficient (Wildman–Crippen LogP) is 10.3. The first kappa shape index (κ1) is 42.7. The summed E-state index contributed by atoms with van der Waals surface area (Å²) in [7, 11) is 31.8. The number of rotatable bonds is 5. The minimum absolute atomic E-state index is 0.108. The maximum Gasteiger partial charge on any atom is 0.113 e. The summed E-state index contributed by atoms with van der Waals surface area (Å²) in [6.45, 7) is 2.08. The average molecular weight is 868 g/mol. The van der Waals surface area contributed by atoms with Gasteiger partial charge in [0.2, 0.25) is 0 Å². The number of para-hydroxylation sites is 2. The number of nitrogens with zero attached hydrogens (tertiary/aromatic N) is 2. The molecule has 9 aromatic carbocycles. The molecule has 7 heteroatoms. The molecule has 314 valence electrons. The molecule has 0 aliphatic heterocycles. The van der Waals surface area contributed by atoms with Crippen molar-refractivity contribution >= 4 is 116 Å². The molecule has 1 unspecified atom stereocenters. The van der Waals surface area contributed by atoms with Crippen LogP contribution in [0.2, 0.25) is 0 Å². The van der Waals surface area contributed by atoms with Gasteiger partial charge in [0.15, 0.2) is 0 Å². The molecule has 0 saturated heterocycles. The number of allylic oxidation sites excluding steroid dienone is 4. The van der Waals surface area contributed by atoms with E-state index in [1.54, 1.807) is 0 Å². The van der Waals surface area contributed by atoms with E-state index in [1.807, 2.05) is 18.2 Å². The van der Waals surface area contributed by atoms with Crippen molar-refractivity contribution in [1.82, 2.24) is 9.13 Å². The second-order valence-corrected chi connectivity index (χ2v) is 18.4. The third-order valence-corrected chi connectivity index (χ3v) is 14.3. The third kappa shape index (κ3) is 7.26. The van der Waals surface area contributed by atoms with Gasteiger partial charge in [-0.1, -0.05) is 145 Å². The lowest BCUT2D eigenvalue weighted by atomic mass is 9.58. The Labute approximate surface area is 410 Å². The van der Waals surface area contributed by atoms with Gasteiger partial charge in [-0.2, -0.15) is 0 Å². The Morgan fingerprint density at radius 1 is 0.420 bits per heavy atom. The van der Waals surface area contributed by atoms with Crippen LogP contribution in [0.15, 0.2) is 200 Å². The maximum atomic E-state index is 6.52. The molecule has 0 saturated carbocycles. The van der Waals surface area contributed by atoms with E-state index in [1.165, 1.54) is 77.1 Å². The Morgan fingerprint density at radius 3 is 1.52 bits per heavy atom. The zero-order chi connectivity index (χ0) is 46.9. The highest BCUT2D eigenvalue weighted by Crippen LogP contribution is 2.43. The van der Waals surface area contributed by atoms with Crippen molar-refractivity contribution in [2.24, 2.45) is 0 Å². The van der Waals surface area contributed by atoms with Gasteiger partial charge in [0.25, 0.3) is 0 Å². The van der Waals surface area contributed by atoms with Crippen LogP contribution in [0, 0.1) is 6.92 Å². The molecule has 2 nitrogen and oxygen atoms in total. The van der Waals surface area contributed by atoms with Crippen LogP contribution in [0.1, 0.15) is 34.6 Å². The molecular weight excluding hydrogens is 827 g/mol. The molecule has 69 heavy (non-hydrogen) atoms. The lowest BCUT2D eigenvalue weighted by Crippen LogP contribution is -2.56. The first-order valence-corrected chi connectivity index (χ1v) is 23.5. The van der Waals surface area contributed by atoms with Crippen LogP contribution in [-0.4, -0.2) is 48.4 Å². The molecule has 2 heterocycles. The van der Waals surface area contributed by atoms with E-state index in [0.29, 0.717) is 17.3 Å². The monoisotopic (exact) mass is 868 g/mol. The summed E-state index contributed by atoms with van der Waals surface area (Å²) < 4.78 is 4.74. The molecule has 0 amide bonds. The molecule has 0 N–H and O–H groups in total. The molecule has 11 aromatic rings. The van der Waals surface area contributed by atoms with E-state index < -0.39 is 0 Å². The molecular formula is C62H41B5N2. The topological polar surface area (TPSA) is 9.86 Å². The zero-order valence-corrected chi connectivity index (χ0v) is 38.3. The lowest BCUT2D eigenvalue weighted by Gasteiger charge is -2.27. The number of benzene rings is 9. The fourth-order valence-corrected chi connectivity index (χ4v) is 10.8. The van der Waals surface area contributed by atoms with E-state index in [-0.39, 0.29) is 22.3 Å². The largest absolute Gasteiger partial charge is 0.310 e. The number of aromatic nitrogens is 2. The summed E-state index contributed by atoms with van der Waals surface area (Å²) in [6.07, 6.45) is 8.19. The molecule has 2 aromatic heterocycles. The Balaban J connectivity index is 0.000000649. The van der Waals surface area contributed by atoms with Gasteiger partial charge in [0.1, 0.15) is 39.2 Å². The van der Waals surface area contributed by atoms with Gasteiger partial charge in [-0.05, 0) is 131 Å². The van der Waals surface area contributed by atoms with Crippen LogP contribution in [0.25, 0.3) is 88.4 Å². The van der Waals surface area contributed by atoms with Crippen LogP contribution >= 0.6 is 0 Å². The Bertz CT molecular complexity index is 3890. The summed E-state index contributed by atoms with van der Waals surface area (Å²) in [4.78, 5) is 0. The summed E-state index contributed by atoms with van der Waals surface area (Å²) >= 11 is 0. The molecule has 0 bridgehead atoms. The van der Waals surface area contributed by atoms with Crippen LogP contribution in [0.3, 0.4) is 0 Å². The van der Waals surface area contributed by atoms with Gasteiger partial charge in [-0.15, -0.1) is 27.3 Å². The molecule has 1 atom stereocenters. The van der Waals surface area contributed by atoms with Crippen molar-refractivity contribution in [1.29, 1.82) is 0 Å². The molecule has 13 rings (SSSR count). The highest BCUT2D eigenvalue weighted by atomic mass is 15.0. The minimum atomic E-state index is -0.108. The number of fused-ring (bicyclic) bond motifs is 9. The second kappa shape index (κ2) is 17.2. The van der Waals surface area contributed by atoms with Gasteiger partial charge in [-0.3, -0.25) is 0 Å². The Kier molecular flexibility index (Phi) is 10.6. The predicted molar refractivity (Wildman–Crippen MR) is 298 cm³/mol. The molecule has 0 fully saturated rings. The summed E-state index contributed by atoms with van der Waals surface area (Å²) in [5.41, 5.74) is 20.6. The van der Waals surface area contributed by atoms with Crippen molar-refractivity contribution < 1.29 is 0 Å². The normalized spacial score (nSPS) is 13.9. The highest BCUT2D eigenvalue weighted by Gasteiger charge is 2.23. The third-order valence-electron chi connectivity index (χ3n) is 14.3. The van der Waals surface area contributed by atoms with Gasteiger partial charge in [0, 0.05) is 38.8 Å².